The van der Waals surface area contributed by atoms with Gasteiger partial charge < -0.3 is 4.42 Å². The van der Waals surface area contributed by atoms with Gasteiger partial charge in [-0.1, -0.05) is 26.0 Å². The Morgan fingerprint density at radius 2 is 2.11 bits per heavy atom. The molecule has 18 heavy (non-hydrogen) atoms. The Morgan fingerprint density at radius 3 is 2.89 bits per heavy atom. The van der Waals surface area contributed by atoms with Gasteiger partial charge >= 0.3 is 0 Å². The van der Waals surface area contributed by atoms with Gasteiger partial charge in [0.15, 0.2) is 0 Å². The predicted octanol–water partition coefficient (Wildman–Crippen LogP) is 2.80. The zero-order valence-corrected chi connectivity index (χ0v) is 10.4. The summed E-state index contributed by atoms with van der Waals surface area (Å²) in [6.45, 7) is 4.78. The third-order valence-corrected chi connectivity index (χ3v) is 2.91. The van der Waals surface area contributed by atoms with E-state index in [0.717, 1.165) is 5.39 Å². The maximum absolute atomic E-state index is 12.3. The van der Waals surface area contributed by atoms with Gasteiger partial charge in [0.2, 0.25) is 5.58 Å². The van der Waals surface area contributed by atoms with Crippen LogP contribution in [0, 0.1) is 5.92 Å². The third-order valence-electron chi connectivity index (χ3n) is 2.91. The molecule has 2 heterocycles. The Labute approximate surface area is 104 Å². The van der Waals surface area contributed by atoms with E-state index in [-0.39, 0.29) is 5.56 Å². The predicted molar refractivity (Wildman–Crippen MR) is 70.6 cm³/mol. The molecule has 3 aromatic rings. The van der Waals surface area contributed by atoms with Gasteiger partial charge in [0.25, 0.3) is 5.56 Å². The summed E-state index contributed by atoms with van der Waals surface area (Å²) < 4.78 is 7.22. The monoisotopic (exact) mass is 242 g/mol. The minimum Gasteiger partial charge on any atom is -0.448 e. The summed E-state index contributed by atoms with van der Waals surface area (Å²) in [6.07, 6.45) is 1.60. The number of rotatable bonds is 2. The molecule has 0 amide bonds. The fourth-order valence-corrected chi connectivity index (χ4v) is 2.14. The van der Waals surface area contributed by atoms with E-state index < -0.39 is 0 Å². The average Bonchev–Trinajstić information content (AvgIpc) is 2.72. The molecular formula is C14H14N2O2. The lowest BCUT2D eigenvalue weighted by Gasteiger charge is -2.06. The van der Waals surface area contributed by atoms with Crippen molar-refractivity contribution in [2.24, 2.45) is 5.92 Å². The average molecular weight is 242 g/mol. The van der Waals surface area contributed by atoms with Crippen molar-refractivity contribution in [2.75, 3.05) is 0 Å². The van der Waals surface area contributed by atoms with E-state index in [1.807, 2.05) is 24.3 Å². The van der Waals surface area contributed by atoms with Crippen molar-refractivity contribution in [1.29, 1.82) is 0 Å². The molecule has 0 radical (unpaired) electrons. The molecular weight excluding hydrogens is 228 g/mol. The minimum atomic E-state index is -0.107. The third kappa shape index (κ3) is 1.61. The highest BCUT2D eigenvalue weighted by atomic mass is 16.3. The van der Waals surface area contributed by atoms with E-state index in [1.165, 1.54) is 0 Å². The van der Waals surface area contributed by atoms with Crippen LogP contribution in [-0.4, -0.2) is 9.55 Å². The highest BCUT2D eigenvalue weighted by Crippen LogP contribution is 2.24. The first-order valence-electron chi connectivity index (χ1n) is 6.03. The highest BCUT2D eigenvalue weighted by Gasteiger charge is 2.13. The van der Waals surface area contributed by atoms with Crippen LogP contribution < -0.4 is 5.56 Å². The van der Waals surface area contributed by atoms with Gasteiger partial charge in [-0.25, -0.2) is 4.98 Å². The van der Waals surface area contributed by atoms with Crippen LogP contribution in [0.5, 0.6) is 0 Å². The van der Waals surface area contributed by atoms with Crippen molar-refractivity contribution < 1.29 is 4.42 Å². The molecule has 0 N–H and O–H groups in total. The van der Waals surface area contributed by atoms with Crippen LogP contribution in [0.1, 0.15) is 13.8 Å². The molecule has 0 spiro atoms. The first-order valence-corrected chi connectivity index (χ1v) is 6.03. The summed E-state index contributed by atoms with van der Waals surface area (Å²) in [5, 5.41) is 0.890. The van der Waals surface area contributed by atoms with Crippen LogP contribution in [-0.2, 0) is 6.54 Å². The van der Waals surface area contributed by atoms with Gasteiger partial charge in [0.1, 0.15) is 11.1 Å². The van der Waals surface area contributed by atoms with Gasteiger partial charge in [-0.15, -0.1) is 0 Å². The van der Waals surface area contributed by atoms with E-state index >= 15 is 0 Å². The van der Waals surface area contributed by atoms with E-state index in [4.69, 9.17) is 4.42 Å². The van der Waals surface area contributed by atoms with Crippen molar-refractivity contribution >= 4 is 22.1 Å². The molecule has 2 aromatic heterocycles. The van der Waals surface area contributed by atoms with Gasteiger partial charge in [0.05, 0.1) is 6.33 Å². The van der Waals surface area contributed by atoms with Crippen LogP contribution in [0.25, 0.3) is 22.1 Å². The summed E-state index contributed by atoms with van der Waals surface area (Å²) in [4.78, 5) is 16.6. The molecule has 0 unspecified atom stereocenters. The minimum absolute atomic E-state index is 0.107. The molecule has 4 heteroatoms. The molecule has 4 nitrogen and oxygen atoms in total. The number of aromatic nitrogens is 2. The Bertz CT molecular complexity index is 768. The van der Waals surface area contributed by atoms with Gasteiger partial charge in [-0.2, -0.15) is 0 Å². The van der Waals surface area contributed by atoms with Crippen LogP contribution in [0.2, 0.25) is 0 Å². The fourth-order valence-electron chi connectivity index (χ4n) is 2.14. The fraction of sp³-hybridized carbons (Fsp3) is 0.286. The van der Waals surface area contributed by atoms with Crippen LogP contribution in [0.15, 0.2) is 39.8 Å². The summed E-state index contributed by atoms with van der Waals surface area (Å²) >= 11 is 0. The van der Waals surface area contributed by atoms with Gasteiger partial charge in [0, 0.05) is 11.9 Å². The Morgan fingerprint density at radius 1 is 1.33 bits per heavy atom. The summed E-state index contributed by atoms with van der Waals surface area (Å²) in [5.41, 5.74) is 1.60. The SMILES string of the molecule is CC(C)Cn1cnc2c(oc3ccccc32)c1=O. The summed E-state index contributed by atoms with van der Waals surface area (Å²) in [5.74, 6) is 0.395. The molecule has 92 valence electrons. The van der Waals surface area contributed by atoms with E-state index in [0.29, 0.717) is 29.1 Å². The normalized spacial score (nSPS) is 11.7. The Kier molecular flexibility index (Phi) is 2.44. The van der Waals surface area contributed by atoms with Gasteiger partial charge in [-0.3, -0.25) is 9.36 Å². The maximum atomic E-state index is 12.3. The molecule has 0 aliphatic heterocycles. The van der Waals surface area contributed by atoms with Crippen LogP contribution in [0.3, 0.4) is 0 Å². The standard InChI is InChI=1S/C14H14N2O2/c1-9(2)7-16-8-15-12-10-5-3-4-6-11(10)18-13(12)14(16)17/h3-6,8-9H,7H2,1-2H3. The number of hydrogen-bond donors (Lipinski definition) is 0. The van der Waals surface area contributed by atoms with Crippen molar-refractivity contribution in [3.05, 3.63) is 40.9 Å². The number of fused-ring (bicyclic) bond motifs is 3. The first-order chi connectivity index (χ1) is 8.66. The van der Waals surface area contributed by atoms with Crippen molar-refractivity contribution in [1.82, 2.24) is 9.55 Å². The maximum Gasteiger partial charge on any atom is 0.297 e. The van der Waals surface area contributed by atoms with E-state index in [9.17, 15) is 4.79 Å². The molecule has 0 aliphatic carbocycles. The Balaban J connectivity index is 2.32. The molecule has 0 saturated heterocycles. The zero-order chi connectivity index (χ0) is 12.7. The molecule has 0 atom stereocenters. The van der Waals surface area contributed by atoms with Crippen LogP contribution >= 0.6 is 0 Å². The lowest BCUT2D eigenvalue weighted by molar-refractivity contribution is 0.503. The second-order valence-electron chi connectivity index (χ2n) is 4.87. The number of para-hydroxylation sites is 1. The highest BCUT2D eigenvalue weighted by molar-refractivity contribution is 6.01. The largest absolute Gasteiger partial charge is 0.448 e. The number of benzene rings is 1. The smallest absolute Gasteiger partial charge is 0.297 e. The molecule has 3 rings (SSSR count). The van der Waals surface area contributed by atoms with Crippen molar-refractivity contribution in [3.8, 4) is 0 Å². The van der Waals surface area contributed by atoms with E-state index in [2.05, 4.69) is 18.8 Å². The van der Waals surface area contributed by atoms with Gasteiger partial charge in [-0.05, 0) is 18.1 Å². The lowest BCUT2D eigenvalue weighted by atomic mass is 10.2. The zero-order valence-electron chi connectivity index (χ0n) is 10.4. The van der Waals surface area contributed by atoms with Crippen molar-refractivity contribution in [2.45, 2.75) is 20.4 Å². The summed E-state index contributed by atoms with van der Waals surface area (Å²) in [6, 6.07) is 7.57. The number of hydrogen-bond acceptors (Lipinski definition) is 3. The van der Waals surface area contributed by atoms with E-state index in [1.54, 1.807) is 10.9 Å². The second kappa shape index (κ2) is 3.98. The molecule has 0 aliphatic rings. The quantitative estimate of drug-likeness (QED) is 0.694. The molecule has 0 fully saturated rings. The van der Waals surface area contributed by atoms with Crippen molar-refractivity contribution in [3.63, 3.8) is 0 Å². The topological polar surface area (TPSA) is 48.0 Å². The first kappa shape index (κ1) is 11.0. The van der Waals surface area contributed by atoms with Crippen LogP contribution in [0.4, 0.5) is 0 Å². The second-order valence-corrected chi connectivity index (χ2v) is 4.87. The number of nitrogens with zero attached hydrogens (tertiary/aromatic N) is 2. The lowest BCUT2D eigenvalue weighted by Crippen LogP contribution is -2.22. The molecule has 1 aromatic carbocycles. The Hall–Kier alpha value is -2.10. The molecule has 0 saturated carbocycles. The summed E-state index contributed by atoms with van der Waals surface area (Å²) in [7, 11) is 0. The number of furan rings is 1. The molecule has 0 bridgehead atoms.